The minimum absolute atomic E-state index is 0.00319. The maximum Gasteiger partial charge on any atom is 0.234 e. The minimum Gasteiger partial charge on any atom is -0.391 e. The molecule has 1 aliphatic carbocycles. The molecule has 2 N–H and O–H groups in total. The number of rotatable bonds is 3. The van der Waals surface area contributed by atoms with Gasteiger partial charge in [0.05, 0.1) is 17.0 Å². The molecular weight excluding hydrogens is 258 g/mol. The molecule has 0 bridgehead atoms. The second kappa shape index (κ2) is 6.48. The van der Waals surface area contributed by atoms with Crippen LogP contribution in [0.5, 0.6) is 0 Å². The number of hydrogen-bond acceptors (Lipinski definition) is 2. The summed E-state index contributed by atoms with van der Waals surface area (Å²) in [4.78, 5) is 11.5. The van der Waals surface area contributed by atoms with Crippen molar-refractivity contribution in [3.8, 4) is 0 Å². The Hall–Kier alpha value is -0.0900. The van der Waals surface area contributed by atoms with Crippen molar-refractivity contribution in [3.63, 3.8) is 0 Å². The summed E-state index contributed by atoms with van der Waals surface area (Å²) in [6.07, 6.45) is 5.44. The minimum atomic E-state index is -0.368. The SMILES string of the molecule is CCC(Br)C(=O)NC1CCCCCC1O. The standard InChI is InChI=1S/C11H20BrNO2/c1-2-8(12)11(15)13-9-6-4-3-5-7-10(9)14/h8-10,14H,2-7H2,1H3,(H,13,15). The Balaban J connectivity index is 2.44. The van der Waals surface area contributed by atoms with Gasteiger partial charge in [-0.25, -0.2) is 0 Å². The number of aliphatic hydroxyl groups is 1. The van der Waals surface area contributed by atoms with Crippen molar-refractivity contribution < 1.29 is 9.90 Å². The number of alkyl halides is 1. The van der Waals surface area contributed by atoms with Gasteiger partial charge in [0, 0.05) is 0 Å². The van der Waals surface area contributed by atoms with Crippen molar-refractivity contribution in [2.45, 2.75) is 62.4 Å². The maximum atomic E-state index is 11.6. The van der Waals surface area contributed by atoms with Gasteiger partial charge in [-0.1, -0.05) is 42.1 Å². The fraction of sp³-hybridized carbons (Fsp3) is 0.909. The average molecular weight is 278 g/mol. The highest BCUT2D eigenvalue weighted by atomic mass is 79.9. The first-order valence-electron chi connectivity index (χ1n) is 5.77. The van der Waals surface area contributed by atoms with Crippen molar-refractivity contribution in [1.82, 2.24) is 5.32 Å². The van der Waals surface area contributed by atoms with E-state index in [0.29, 0.717) is 0 Å². The van der Waals surface area contributed by atoms with E-state index in [0.717, 1.165) is 38.5 Å². The third-order valence-electron chi connectivity index (χ3n) is 2.95. The molecule has 0 aromatic rings. The van der Waals surface area contributed by atoms with E-state index in [1.54, 1.807) is 0 Å². The number of hydrogen-bond donors (Lipinski definition) is 2. The van der Waals surface area contributed by atoms with Gasteiger partial charge in [-0.2, -0.15) is 0 Å². The molecule has 1 rings (SSSR count). The summed E-state index contributed by atoms with van der Waals surface area (Å²) in [6, 6.07) is -0.0494. The molecule has 1 amide bonds. The molecule has 3 nitrogen and oxygen atoms in total. The summed E-state index contributed by atoms with van der Waals surface area (Å²) in [5, 5.41) is 12.7. The molecule has 88 valence electrons. The third-order valence-corrected chi connectivity index (χ3v) is 4.01. The Bertz CT molecular complexity index is 211. The Morgan fingerprint density at radius 1 is 1.47 bits per heavy atom. The lowest BCUT2D eigenvalue weighted by Crippen LogP contribution is -2.45. The highest BCUT2D eigenvalue weighted by molar-refractivity contribution is 9.10. The van der Waals surface area contributed by atoms with Crippen molar-refractivity contribution in [2.75, 3.05) is 0 Å². The van der Waals surface area contributed by atoms with Crippen molar-refractivity contribution in [1.29, 1.82) is 0 Å². The van der Waals surface area contributed by atoms with Crippen LogP contribution in [-0.2, 0) is 4.79 Å². The molecule has 0 aromatic heterocycles. The number of nitrogens with one attached hydrogen (secondary N) is 1. The highest BCUT2D eigenvalue weighted by Crippen LogP contribution is 2.18. The zero-order valence-corrected chi connectivity index (χ0v) is 10.8. The fourth-order valence-electron chi connectivity index (χ4n) is 1.91. The van der Waals surface area contributed by atoms with E-state index in [1.807, 2.05) is 6.92 Å². The molecule has 0 heterocycles. The van der Waals surface area contributed by atoms with Crippen molar-refractivity contribution in [3.05, 3.63) is 0 Å². The monoisotopic (exact) mass is 277 g/mol. The number of carbonyl (C=O) groups excluding carboxylic acids is 1. The smallest absolute Gasteiger partial charge is 0.234 e. The second-order valence-corrected chi connectivity index (χ2v) is 5.30. The summed E-state index contributed by atoms with van der Waals surface area (Å²) in [6.45, 7) is 1.96. The van der Waals surface area contributed by atoms with Crippen LogP contribution in [0.3, 0.4) is 0 Å². The van der Waals surface area contributed by atoms with Crippen LogP contribution in [0.25, 0.3) is 0 Å². The van der Waals surface area contributed by atoms with Crippen molar-refractivity contribution in [2.24, 2.45) is 0 Å². The first-order chi connectivity index (χ1) is 7.15. The molecule has 0 saturated heterocycles. The van der Waals surface area contributed by atoms with Gasteiger partial charge in [-0.3, -0.25) is 4.79 Å². The second-order valence-electron chi connectivity index (χ2n) is 4.20. The molecule has 3 atom stereocenters. The Morgan fingerprint density at radius 3 is 2.80 bits per heavy atom. The lowest BCUT2D eigenvalue weighted by Gasteiger charge is -2.22. The summed E-state index contributed by atoms with van der Waals surface area (Å²) < 4.78 is 0. The first kappa shape index (κ1) is 13.0. The highest BCUT2D eigenvalue weighted by Gasteiger charge is 2.24. The van der Waals surface area contributed by atoms with Gasteiger partial charge in [-0.15, -0.1) is 0 Å². The van der Waals surface area contributed by atoms with Crippen LogP contribution in [-0.4, -0.2) is 28.0 Å². The zero-order valence-electron chi connectivity index (χ0n) is 9.21. The van der Waals surface area contributed by atoms with Crippen LogP contribution < -0.4 is 5.32 Å². The molecule has 15 heavy (non-hydrogen) atoms. The van der Waals surface area contributed by atoms with E-state index in [2.05, 4.69) is 21.2 Å². The Kier molecular flexibility index (Phi) is 5.61. The van der Waals surface area contributed by atoms with Gasteiger partial charge in [0.15, 0.2) is 0 Å². The van der Waals surface area contributed by atoms with E-state index < -0.39 is 0 Å². The molecule has 1 fully saturated rings. The summed E-state index contributed by atoms with van der Waals surface area (Å²) in [7, 11) is 0. The molecule has 0 spiro atoms. The van der Waals surface area contributed by atoms with Crippen molar-refractivity contribution >= 4 is 21.8 Å². The molecule has 1 saturated carbocycles. The Morgan fingerprint density at radius 2 is 2.13 bits per heavy atom. The van der Waals surface area contributed by atoms with Crippen LogP contribution in [0.2, 0.25) is 0 Å². The van der Waals surface area contributed by atoms with E-state index >= 15 is 0 Å². The number of amides is 1. The Labute approximate surface area is 99.8 Å². The molecule has 3 unspecified atom stereocenters. The average Bonchev–Trinajstić information content (AvgIpc) is 2.43. The molecule has 1 aliphatic rings. The number of aliphatic hydroxyl groups excluding tert-OH is 1. The quantitative estimate of drug-likeness (QED) is 0.612. The third kappa shape index (κ3) is 4.11. The molecule has 0 aliphatic heterocycles. The van der Waals surface area contributed by atoms with Gasteiger partial charge in [0.25, 0.3) is 0 Å². The fourth-order valence-corrected chi connectivity index (χ4v) is 2.05. The van der Waals surface area contributed by atoms with Crippen LogP contribution in [0.15, 0.2) is 0 Å². The summed E-state index contributed by atoms with van der Waals surface area (Å²) in [5.74, 6) is 0.00319. The van der Waals surface area contributed by atoms with Crippen LogP contribution in [0.4, 0.5) is 0 Å². The first-order valence-corrected chi connectivity index (χ1v) is 6.69. The predicted molar refractivity (Wildman–Crippen MR) is 64.0 cm³/mol. The lowest BCUT2D eigenvalue weighted by atomic mass is 10.1. The number of carbonyl (C=O) groups is 1. The van der Waals surface area contributed by atoms with Crippen LogP contribution in [0, 0.1) is 0 Å². The number of halogens is 1. The largest absolute Gasteiger partial charge is 0.391 e. The van der Waals surface area contributed by atoms with E-state index in [1.165, 1.54) is 0 Å². The molecule has 4 heteroatoms. The summed E-state index contributed by atoms with van der Waals surface area (Å²) in [5.41, 5.74) is 0. The van der Waals surface area contributed by atoms with Gasteiger partial charge in [-0.05, 0) is 19.3 Å². The van der Waals surface area contributed by atoms with Crippen LogP contribution in [0.1, 0.15) is 45.4 Å². The van der Waals surface area contributed by atoms with E-state index in [4.69, 9.17) is 0 Å². The maximum absolute atomic E-state index is 11.6. The summed E-state index contributed by atoms with van der Waals surface area (Å²) >= 11 is 3.31. The zero-order chi connectivity index (χ0) is 11.3. The van der Waals surface area contributed by atoms with Gasteiger partial charge >= 0.3 is 0 Å². The predicted octanol–water partition coefficient (Wildman–Crippen LogP) is 1.97. The molecule has 0 radical (unpaired) electrons. The van der Waals surface area contributed by atoms with E-state index in [9.17, 15) is 9.90 Å². The topological polar surface area (TPSA) is 49.3 Å². The lowest BCUT2D eigenvalue weighted by molar-refractivity contribution is -0.122. The van der Waals surface area contributed by atoms with Gasteiger partial charge < -0.3 is 10.4 Å². The van der Waals surface area contributed by atoms with Crippen LogP contribution >= 0.6 is 15.9 Å². The molecule has 0 aromatic carbocycles. The van der Waals surface area contributed by atoms with E-state index in [-0.39, 0.29) is 22.9 Å². The van der Waals surface area contributed by atoms with Gasteiger partial charge in [0.2, 0.25) is 5.91 Å². The molecular formula is C11H20BrNO2. The van der Waals surface area contributed by atoms with Gasteiger partial charge in [0.1, 0.15) is 0 Å². The normalized spacial score (nSPS) is 29.3.